The van der Waals surface area contributed by atoms with Crippen molar-refractivity contribution in [3.63, 3.8) is 0 Å². The van der Waals surface area contributed by atoms with Crippen LogP contribution in [0.1, 0.15) is 22.8 Å². The molecule has 1 rings (SSSR count). The number of rotatable bonds is 3. The number of nitrogens with two attached hydrogens (primary N) is 1. The first-order chi connectivity index (χ1) is 7.41. The Bertz CT molecular complexity index is 434. The summed E-state index contributed by atoms with van der Waals surface area (Å²) in [5.41, 5.74) is 6.17. The number of amides is 1. The van der Waals surface area contributed by atoms with Gasteiger partial charge in [0.1, 0.15) is 5.82 Å². The lowest BCUT2D eigenvalue weighted by atomic mass is 10.1. The number of benzene rings is 1. The van der Waals surface area contributed by atoms with E-state index in [1.165, 1.54) is 12.1 Å². The molecule has 0 radical (unpaired) electrons. The molecule has 0 aliphatic rings. The lowest BCUT2D eigenvalue weighted by Gasteiger charge is -2.12. The van der Waals surface area contributed by atoms with Crippen molar-refractivity contribution in [2.75, 3.05) is 0 Å². The van der Waals surface area contributed by atoms with Crippen molar-refractivity contribution in [2.45, 2.75) is 19.9 Å². The summed E-state index contributed by atoms with van der Waals surface area (Å²) in [6, 6.07) is 3.89. The highest BCUT2D eigenvalue weighted by molar-refractivity contribution is 7.80. The monoisotopic (exact) mass is 240 g/mol. The zero-order valence-electron chi connectivity index (χ0n) is 9.08. The lowest BCUT2D eigenvalue weighted by molar-refractivity contribution is 0.0945. The van der Waals surface area contributed by atoms with Crippen molar-refractivity contribution in [3.05, 3.63) is 35.1 Å². The Labute approximate surface area is 98.8 Å². The van der Waals surface area contributed by atoms with E-state index < -0.39 is 17.8 Å². The summed E-state index contributed by atoms with van der Waals surface area (Å²) in [7, 11) is 0. The maximum absolute atomic E-state index is 13.3. The van der Waals surface area contributed by atoms with Crippen LogP contribution in [0.15, 0.2) is 18.2 Å². The minimum atomic E-state index is -0.557. The molecule has 86 valence electrons. The van der Waals surface area contributed by atoms with Crippen molar-refractivity contribution in [3.8, 4) is 0 Å². The first kappa shape index (κ1) is 12.6. The third-order valence-electron chi connectivity index (χ3n) is 2.14. The first-order valence-electron chi connectivity index (χ1n) is 4.78. The molecule has 0 saturated heterocycles. The SMILES string of the molecule is Cc1ccc(F)c(C(=O)NC(C)C(N)=S)c1. The molecule has 1 atom stereocenters. The van der Waals surface area contributed by atoms with Crippen LogP contribution in [0.4, 0.5) is 4.39 Å². The number of thiocarbonyl (C=S) groups is 1. The maximum atomic E-state index is 13.3. The van der Waals surface area contributed by atoms with Crippen LogP contribution in [-0.2, 0) is 0 Å². The van der Waals surface area contributed by atoms with Crippen LogP contribution in [0.5, 0.6) is 0 Å². The number of carbonyl (C=O) groups excluding carboxylic acids is 1. The highest BCUT2D eigenvalue weighted by Gasteiger charge is 2.15. The van der Waals surface area contributed by atoms with E-state index in [2.05, 4.69) is 5.32 Å². The van der Waals surface area contributed by atoms with Gasteiger partial charge in [0.25, 0.3) is 5.91 Å². The largest absolute Gasteiger partial charge is 0.392 e. The van der Waals surface area contributed by atoms with E-state index in [0.717, 1.165) is 5.56 Å². The fourth-order valence-electron chi connectivity index (χ4n) is 1.16. The number of carbonyl (C=O) groups is 1. The molecule has 16 heavy (non-hydrogen) atoms. The van der Waals surface area contributed by atoms with Crippen LogP contribution in [0.25, 0.3) is 0 Å². The molecule has 0 saturated carbocycles. The van der Waals surface area contributed by atoms with Gasteiger partial charge in [-0.25, -0.2) is 4.39 Å². The summed E-state index contributed by atoms with van der Waals surface area (Å²) < 4.78 is 13.3. The number of hydrogen-bond donors (Lipinski definition) is 2. The summed E-state index contributed by atoms with van der Waals surface area (Å²) >= 11 is 4.71. The quantitative estimate of drug-likeness (QED) is 0.788. The summed E-state index contributed by atoms with van der Waals surface area (Å²) in [4.78, 5) is 11.8. The average Bonchev–Trinajstić information content (AvgIpc) is 2.21. The molecule has 0 spiro atoms. The van der Waals surface area contributed by atoms with Gasteiger partial charge in [0.2, 0.25) is 0 Å². The second-order valence-electron chi connectivity index (χ2n) is 3.58. The van der Waals surface area contributed by atoms with Gasteiger partial charge in [-0.1, -0.05) is 23.8 Å². The van der Waals surface area contributed by atoms with Gasteiger partial charge in [-0.15, -0.1) is 0 Å². The highest BCUT2D eigenvalue weighted by Crippen LogP contribution is 2.10. The standard InChI is InChI=1S/C11H13FN2OS/c1-6-3-4-9(12)8(5-6)11(15)14-7(2)10(13)16/h3-5,7H,1-2H3,(H2,13,16)(H,14,15). The molecule has 3 nitrogen and oxygen atoms in total. The normalized spacial score (nSPS) is 11.9. The average molecular weight is 240 g/mol. The summed E-state index contributed by atoms with van der Waals surface area (Å²) in [6.07, 6.45) is 0. The van der Waals surface area contributed by atoms with Crippen molar-refractivity contribution in [2.24, 2.45) is 5.73 Å². The fraction of sp³-hybridized carbons (Fsp3) is 0.273. The molecule has 0 heterocycles. The van der Waals surface area contributed by atoms with E-state index in [4.69, 9.17) is 18.0 Å². The van der Waals surface area contributed by atoms with Crippen molar-refractivity contribution < 1.29 is 9.18 Å². The molecule has 1 unspecified atom stereocenters. The molecule has 0 aliphatic carbocycles. The second-order valence-corrected chi connectivity index (χ2v) is 4.05. The van der Waals surface area contributed by atoms with Crippen LogP contribution in [0.3, 0.4) is 0 Å². The van der Waals surface area contributed by atoms with Crippen LogP contribution in [0.2, 0.25) is 0 Å². The number of aryl methyl sites for hydroxylation is 1. The molecule has 1 aromatic rings. The minimum absolute atomic E-state index is 0.00287. The molecule has 0 fully saturated rings. The maximum Gasteiger partial charge on any atom is 0.254 e. The molecule has 1 amide bonds. The Balaban J connectivity index is 2.88. The Morgan fingerprint density at radius 1 is 1.56 bits per heavy atom. The fourth-order valence-corrected chi connectivity index (χ4v) is 1.22. The predicted octanol–water partition coefficient (Wildman–Crippen LogP) is 1.54. The van der Waals surface area contributed by atoms with E-state index in [0.29, 0.717) is 0 Å². The molecule has 1 aromatic carbocycles. The summed E-state index contributed by atoms with van der Waals surface area (Å²) in [5, 5.41) is 2.52. The molecular weight excluding hydrogens is 227 g/mol. The summed E-state index contributed by atoms with van der Waals surface area (Å²) in [6.45, 7) is 3.43. The number of halogens is 1. The van der Waals surface area contributed by atoms with Gasteiger partial charge in [0, 0.05) is 0 Å². The Kier molecular flexibility index (Phi) is 3.95. The van der Waals surface area contributed by atoms with E-state index in [1.807, 2.05) is 0 Å². The van der Waals surface area contributed by atoms with Gasteiger partial charge in [-0.2, -0.15) is 0 Å². The van der Waals surface area contributed by atoms with Crippen molar-refractivity contribution in [1.82, 2.24) is 5.32 Å². The van der Waals surface area contributed by atoms with Gasteiger partial charge in [0.15, 0.2) is 0 Å². The van der Waals surface area contributed by atoms with Crippen molar-refractivity contribution >= 4 is 23.1 Å². The van der Waals surface area contributed by atoms with Gasteiger partial charge in [-0.05, 0) is 26.0 Å². The van der Waals surface area contributed by atoms with Crippen LogP contribution < -0.4 is 11.1 Å². The van der Waals surface area contributed by atoms with Crippen LogP contribution in [0, 0.1) is 12.7 Å². The smallest absolute Gasteiger partial charge is 0.254 e. The topological polar surface area (TPSA) is 55.1 Å². The number of hydrogen-bond acceptors (Lipinski definition) is 2. The van der Waals surface area contributed by atoms with E-state index in [-0.39, 0.29) is 10.6 Å². The van der Waals surface area contributed by atoms with Crippen LogP contribution in [-0.4, -0.2) is 16.9 Å². The zero-order chi connectivity index (χ0) is 12.3. The van der Waals surface area contributed by atoms with Gasteiger partial charge in [0.05, 0.1) is 16.6 Å². The Morgan fingerprint density at radius 3 is 2.75 bits per heavy atom. The van der Waals surface area contributed by atoms with Gasteiger partial charge >= 0.3 is 0 Å². The van der Waals surface area contributed by atoms with Gasteiger partial charge in [-0.3, -0.25) is 4.79 Å². The minimum Gasteiger partial charge on any atom is -0.392 e. The Morgan fingerprint density at radius 2 is 2.19 bits per heavy atom. The third kappa shape index (κ3) is 3.00. The van der Waals surface area contributed by atoms with E-state index >= 15 is 0 Å². The third-order valence-corrected chi connectivity index (χ3v) is 2.49. The predicted molar refractivity (Wildman–Crippen MR) is 64.9 cm³/mol. The van der Waals surface area contributed by atoms with Crippen LogP contribution >= 0.6 is 12.2 Å². The molecule has 0 aromatic heterocycles. The Hall–Kier alpha value is -1.49. The van der Waals surface area contributed by atoms with E-state index in [9.17, 15) is 9.18 Å². The molecular formula is C11H13FN2OS. The molecule has 3 N–H and O–H groups in total. The molecule has 0 bridgehead atoms. The van der Waals surface area contributed by atoms with Gasteiger partial charge < -0.3 is 11.1 Å². The lowest BCUT2D eigenvalue weighted by Crippen LogP contribution is -2.41. The molecule has 0 aliphatic heterocycles. The zero-order valence-corrected chi connectivity index (χ0v) is 9.90. The summed E-state index contributed by atoms with van der Waals surface area (Å²) in [5.74, 6) is -1.07. The first-order valence-corrected chi connectivity index (χ1v) is 5.19. The number of nitrogens with one attached hydrogen (secondary N) is 1. The van der Waals surface area contributed by atoms with E-state index in [1.54, 1.807) is 19.9 Å². The van der Waals surface area contributed by atoms with Crippen molar-refractivity contribution in [1.29, 1.82) is 0 Å². The highest BCUT2D eigenvalue weighted by atomic mass is 32.1. The molecule has 5 heteroatoms. The second kappa shape index (κ2) is 5.03.